The van der Waals surface area contributed by atoms with Crippen LogP contribution in [0, 0.1) is 10.7 Å². The largest absolute Gasteiger partial charge is 0.460 e. The fourth-order valence-electron chi connectivity index (χ4n) is 2.84. The van der Waals surface area contributed by atoms with Crippen LogP contribution in [0.25, 0.3) is 0 Å². The van der Waals surface area contributed by atoms with Crippen LogP contribution >= 0.6 is 22.6 Å². The van der Waals surface area contributed by atoms with Gasteiger partial charge >= 0.3 is 0 Å². The van der Waals surface area contributed by atoms with E-state index in [1.165, 1.54) is 0 Å². The maximum Gasteiger partial charge on any atom is 0.243 e. The number of aryl methyl sites for hydroxylation is 1. The van der Waals surface area contributed by atoms with Crippen molar-refractivity contribution >= 4 is 46.1 Å². The van der Waals surface area contributed by atoms with Crippen LogP contribution in [-0.4, -0.2) is 20.8 Å². The van der Waals surface area contributed by atoms with Gasteiger partial charge in [-0.15, -0.1) is 0 Å². The Bertz CT molecular complexity index is 851. The molecule has 0 N–H and O–H groups in total. The van der Waals surface area contributed by atoms with Crippen molar-refractivity contribution in [3.63, 3.8) is 0 Å². The summed E-state index contributed by atoms with van der Waals surface area (Å²) >= 11 is 2.18. The second-order valence-electron chi connectivity index (χ2n) is 7.00. The van der Waals surface area contributed by atoms with Crippen molar-refractivity contribution in [1.29, 1.82) is 0 Å². The van der Waals surface area contributed by atoms with Crippen LogP contribution in [0.2, 0.25) is 19.6 Å². The number of hydrogen-bond donors (Lipinski definition) is 0. The molecule has 0 bridgehead atoms. The van der Waals surface area contributed by atoms with E-state index < -0.39 is 18.1 Å². The smallest absolute Gasteiger partial charge is 0.243 e. The maximum absolute atomic E-state index is 12.9. The fraction of sp³-hybridized carbons (Fsp3) is 0.375. The molecule has 1 aromatic heterocycles. The minimum atomic E-state index is -3.47. The van der Waals surface area contributed by atoms with Gasteiger partial charge in [0.15, 0.2) is 3.77 Å². The first-order chi connectivity index (χ1) is 10.6. The number of fused-ring (bicyclic) bond motifs is 1. The third-order valence-corrected chi connectivity index (χ3v) is 8.52. The molecular formula is C16H20INO3SSi. The molecule has 0 aliphatic carbocycles. The third-order valence-electron chi connectivity index (χ3n) is 4.08. The first-order valence-electron chi connectivity index (χ1n) is 7.48. The lowest BCUT2D eigenvalue weighted by molar-refractivity contribution is 0.421. The van der Waals surface area contributed by atoms with Gasteiger partial charge in [-0.3, -0.25) is 0 Å². The van der Waals surface area contributed by atoms with Crippen LogP contribution in [-0.2, 0) is 23.1 Å². The highest BCUT2D eigenvalue weighted by Gasteiger charge is 2.38. The molecule has 4 nitrogen and oxygen atoms in total. The number of benzene rings is 1. The molecule has 3 rings (SSSR count). The van der Waals surface area contributed by atoms with Crippen LogP contribution in [0.5, 0.6) is 0 Å². The maximum atomic E-state index is 12.9. The van der Waals surface area contributed by atoms with Crippen molar-refractivity contribution in [1.82, 2.24) is 4.31 Å². The molecule has 1 aromatic carbocycles. The predicted octanol–water partition coefficient (Wildman–Crippen LogP) is 3.44. The summed E-state index contributed by atoms with van der Waals surface area (Å²) in [5.74, 6) is 0. The Hall–Kier alpha value is -0.643. The van der Waals surface area contributed by atoms with E-state index in [9.17, 15) is 8.42 Å². The van der Waals surface area contributed by atoms with Crippen LogP contribution in [0.3, 0.4) is 0 Å². The Balaban J connectivity index is 1.97. The van der Waals surface area contributed by atoms with Crippen molar-refractivity contribution in [2.45, 2.75) is 44.5 Å². The van der Waals surface area contributed by atoms with Gasteiger partial charge in [-0.25, -0.2) is 8.42 Å². The molecule has 0 fully saturated rings. The second kappa shape index (κ2) is 5.71. The lowest BCUT2D eigenvalue weighted by atomic mass is 10.2. The van der Waals surface area contributed by atoms with Gasteiger partial charge in [-0.05, 0) is 41.6 Å². The topological polar surface area (TPSA) is 50.5 Å². The van der Waals surface area contributed by atoms with Crippen molar-refractivity contribution in [2.75, 3.05) is 0 Å². The highest BCUT2D eigenvalue weighted by molar-refractivity contribution is 14.1. The van der Waals surface area contributed by atoms with Crippen LogP contribution in [0.1, 0.15) is 16.7 Å². The normalized spacial score (nSPS) is 15.9. The summed E-state index contributed by atoms with van der Waals surface area (Å²) in [6.07, 6.45) is 0. The van der Waals surface area contributed by atoms with Crippen molar-refractivity contribution < 1.29 is 12.8 Å². The van der Waals surface area contributed by atoms with Gasteiger partial charge in [0.2, 0.25) is 10.0 Å². The zero-order chi connectivity index (χ0) is 17.0. The number of sulfonamides is 1. The van der Waals surface area contributed by atoms with E-state index in [1.807, 2.05) is 19.1 Å². The van der Waals surface area contributed by atoms with Gasteiger partial charge < -0.3 is 4.42 Å². The van der Waals surface area contributed by atoms with Crippen LogP contribution < -0.4 is 5.38 Å². The molecule has 0 unspecified atom stereocenters. The highest BCUT2D eigenvalue weighted by atomic mass is 127. The van der Waals surface area contributed by atoms with Gasteiger partial charge in [0.25, 0.3) is 0 Å². The molecule has 2 heterocycles. The minimum absolute atomic E-state index is 0.356. The monoisotopic (exact) mass is 461 g/mol. The summed E-state index contributed by atoms with van der Waals surface area (Å²) in [4.78, 5) is 0.356. The van der Waals surface area contributed by atoms with E-state index in [1.54, 1.807) is 16.4 Å². The van der Waals surface area contributed by atoms with Crippen LogP contribution in [0.15, 0.2) is 33.6 Å². The van der Waals surface area contributed by atoms with E-state index in [0.717, 1.165) is 25.8 Å². The molecule has 0 amide bonds. The molecule has 2 aromatic rings. The number of nitrogens with zero attached hydrogens (tertiary/aromatic N) is 1. The molecule has 0 saturated carbocycles. The van der Waals surface area contributed by atoms with Gasteiger partial charge in [0.05, 0.1) is 10.3 Å². The summed E-state index contributed by atoms with van der Waals surface area (Å²) in [6, 6.07) is 7.04. The predicted molar refractivity (Wildman–Crippen MR) is 102 cm³/mol. The molecule has 0 radical (unpaired) electrons. The van der Waals surface area contributed by atoms with Gasteiger partial charge in [-0.2, -0.15) is 4.31 Å². The molecular weight excluding hydrogens is 441 g/mol. The molecule has 1 aliphatic heterocycles. The Morgan fingerprint density at radius 3 is 2.22 bits per heavy atom. The number of rotatable bonds is 3. The molecule has 7 heteroatoms. The number of hydrogen-bond acceptors (Lipinski definition) is 3. The number of furan rings is 1. The molecule has 0 saturated heterocycles. The lowest BCUT2D eigenvalue weighted by Gasteiger charge is -2.18. The Labute approximate surface area is 152 Å². The molecule has 0 spiro atoms. The molecule has 0 atom stereocenters. The first-order valence-corrected chi connectivity index (χ1v) is 13.5. The zero-order valence-electron chi connectivity index (χ0n) is 13.7. The fourth-order valence-corrected chi connectivity index (χ4v) is 6.68. The average Bonchev–Trinajstić information content (AvgIpc) is 3.00. The van der Waals surface area contributed by atoms with Crippen molar-refractivity contribution in [2.24, 2.45) is 0 Å². The Morgan fingerprint density at radius 2 is 1.65 bits per heavy atom. The van der Waals surface area contributed by atoms with Gasteiger partial charge in [0.1, 0.15) is 8.07 Å². The molecule has 1 aliphatic rings. The third kappa shape index (κ3) is 3.03. The van der Waals surface area contributed by atoms with E-state index in [2.05, 4.69) is 42.2 Å². The Kier molecular flexibility index (Phi) is 4.27. The first kappa shape index (κ1) is 17.2. The second-order valence-corrected chi connectivity index (χ2v) is 14.9. The van der Waals surface area contributed by atoms with Crippen molar-refractivity contribution in [3.05, 3.63) is 44.7 Å². The summed E-state index contributed by atoms with van der Waals surface area (Å²) in [5, 5.41) is 1.03. The molecule has 124 valence electrons. The van der Waals surface area contributed by atoms with E-state index in [4.69, 9.17) is 4.42 Å². The quantitative estimate of drug-likeness (QED) is 0.520. The Morgan fingerprint density at radius 1 is 1.09 bits per heavy atom. The highest BCUT2D eigenvalue weighted by Crippen LogP contribution is 2.33. The zero-order valence-corrected chi connectivity index (χ0v) is 17.7. The lowest BCUT2D eigenvalue weighted by Crippen LogP contribution is -2.39. The van der Waals surface area contributed by atoms with E-state index >= 15 is 0 Å². The van der Waals surface area contributed by atoms with Crippen LogP contribution in [0.4, 0.5) is 0 Å². The average molecular weight is 461 g/mol. The van der Waals surface area contributed by atoms with Gasteiger partial charge in [-0.1, -0.05) is 37.3 Å². The summed E-state index contributed by atoms with van der Waals surface area (Å²) in [5.41, 5.74) is 3.18. The van der Waals surface area contributed by atoms with E-state index in [-0.39, 0.29) is 0 Å². The number of halogens is 1. The minimum Gasteiger partial charge on any atom is -0.460 e. The summed E-state index contributed by atoms with van der Waals surface area (Å²) in [6.45, 7) is 9.43. The van der Waals surface area contributed by atoms with Gasteiger partial charge in [0, 0.05) is 24.2 Å². The summed E-state index contributed by atoms with van der Waals surface area (Å²) in [7, 11) is -5.11. The van der Waals surface area contributed by atoms with Crippen molar-refractivity contribution in [3.8, 4) is 0 Å². The summed E-state index contributed by atoms with van der Waals surface area (Å²) < 4.78 is 34.1. The van der Waals surface area contributed by atoms with E-state index in [0.29, 0.717) is 18.0 Å². The standard InChI is InChI=1S/C16H20INO3SSi/c1-11-5-7-12(8-6-11)22(19,20)18-9-13-14(10-18)16(21-15(13)17)23(2,3)4/h5-8H,9-10H2,1-4H3. The SMILES string of the molecule is Cc1ccc(S(=O)(=O)N2Cc3c(I)oc([Si](C)(C)C)c3C2)cc1. The molecule has 23 heavy (non-hydrogen) atoms.